The molecule has 1 aliphatic heterocycles. The summed E-state index contributed by atoms with van der Waals surface area (Å²) >= 11 is 7.56. The number of fused-ring (bicyclic) bond motifs is 2. The van der Waals surface area contributed by atoms with Gasteiger partial charge in [-0.15, -0.1) is 0 Å². The summed E-state index contributed by atoms with van der Waals surface area (Å²) in [5, 5.41) is 8.80. The van der Waals surface area contributed by atoms with Gasteiger partial charge in [-0.05, 0) is 24.6 Å². The van der Waals surface area contributed by atoms with Crippen LogP contribution in [0.5, 0.6) is 0 Å². The number of rotatable bonds is 7. The van der Waals surface area contributed by atoms with Crippen molar-refractivity contribution in [3.8, 4) is 5.69 Å². The molecular formula is C19H20ClN5O3S. The van der Waals surface area contributed by atoms with Gasteiger partial charge < -0.3 is 10.1 Å². The molecule has 1 aromatic carbocycles. The zero-order chi connectivity index (χ0) is 20.4. The predicted octanol–water partition coefficient (Wildman–Crippen LogP) is 2.43. The second kappa shape index (κ2) is 8.56. The summed E-state index contributed by atoms with van der Waals surface area (Å²) in [6, 6.07) is 6.99. The summed E-state index contributed by atoms with van der Waals surface area (Å²) in [7, 11) is 1.63. The Labute approximate surface area is 176 Å². The molecule has 0 spiro atoms. The number of methoxy groups -OCH3 is 1. The van der Waals surface area contributed by atoms with Crippen LogP contribution in [0, 0.1) is 0 Å². The van der Waals surface area contributed by atoms with Crippen molar-refractivity contribution < 1.29 is 9.53 Å². The number of nitrogens with zero attached hydrogens (tertiary/aromatic N) is 4. The summed E-state index contributed by atoms with van der Waals surface area (Å²) in [5.41, 5.74) is 1.04. The number of ether oxygens (including phenoxy) is 1. The van der Waals surface area contributed by atoms with Crippen molar-refractivity contribution in [3.05, 3.63) is 45.8 Å². The maximum atomic E-state index is 13.1. The van der Waals surface area contributed by atoms with E-state index in [2.05, 4.69) is 15.4 Å². The predicted molar refractivity (Wildman–Crippen MR) is 112 cm³/mol. The average molecular weight is 434 g/mol. The molecule has 2 aromatic heterocycles. The van der Waals surface area contributed by atoms with Crippen molar-refractivity contribution in [1.82, 2.24) is 24.6 Å². The molecule has 29 heavy (non-hydrogen) atoms. The molecule has 0 radical (unpaired) electrons. The van der Waals surface area contributed by atoms with E-state index in [-0.39, 0.29) is 23.9 Å². The summed E-state index contributed by atoms with van der Waals surface area (Å²) in [6.07, 6.45) is 2.51. The minimum absolute atomic E-state index is 0.0822. The van der Waals surface area contributed by atoms with E-state index in [9.17, 15) is 9.59 Å². The van der Waals surface area contributed by atoms with Crippen LogP contribution in [0.15, 0.2) is 40.4 Å². The van der Waals surface area contributed by atoms with Crippen LogP contribution in [0.1, 0.15) is 18.9 Å². The number of nitrogens with one attached hydrogen (secondary N) is 1. The molecule has 1 N–H and O–H groups in total. The smallest absolute Gasteiger partial charge is 0.265 e. The Bertz CT molecular complexity index is 1110. The van der Waals surface area contributed by atoms with E-state index in [4.69, 9.17) is 16.3 Å². The van der Waals surface area contributed by atoms with Gasteiger partial charge in [-0.25, -0.2) is 9.67 Å². The largest absolute Gasteiger partial charge is 0.385 e. The topological polar surface area (TPSA) is 91.0 Å². The van der Waals surface area contributed by atoms with E-state index in [1.165, 1.54) is 18.0 Å². The van der Waals surface area contributed by atoms with E-state index >= 15 is 0 Å². The van der Waals surface area contributed by atoms with Crippen molar-refractivity contribution in [1.29, 1.82) is 0 Å². The normalized spacial score (nSPS) is 15.6. The quantitative estimate of drug-likeness (QED) is 0.454. The van der Waals surface area contributed by atoms with Crippen LogP contribution in [-0.4, -0.2) is 51.3 Å². The lowest BCUT2D eigenvalue weighted by atomic mass is 10.2. The lowest BCUT2D eigenvalue weighted by Crippen LogP contribution is -2.31. The third kappa shape index (κ3) is 4.03. The minimum Gasteiger partial charge on any atom is -0.385 e. The highest BCUT2D eigenvalue weighted by atomic mass is 35.5. The zero-order valence-corrected chi connectivity index (χ0v) is 17.4. The summed E-state index contributed by atoms with van der Waals surface area (Å²) < 4.78 is 8.20. The second-order valence-electron chi connectivity index (χ2n) is 6.71. The van der Waals surface area contributed by atoms with Crippen molar-refractivity contribution in [2.24, 2.45) is 0 Å². The van der Waals surface area contributed by atoms with Gasteiger partial charge in [-0.1, -0.05) is 29.4 Å². The molecule has 1 unspecified atom stereocenters. The first-order valence-corrected chi connectivity index (χ1v) is 10.6. The molecule has 152 valence electrons. The molecule has 3 heterocycles. The number of benzene rings is 1. The number of halogens is 1. The molecule has 3 aromatic rings. The standard InChI is InChI=1S/C19H20ClN5O3S/c1-28-7-3-6-21-16(26)9-14-11-29-19-23-17-15(18(27)24(14)19)10-22-25(17)13-5-2-4-12(20)8-13/h2,4-5,8,10,14H,3,6-7,9,11H2,1H3,(H,21,26). The molecule has 1 amide bonds. The Morgan fingerprint density at radius 3 is 3.10 bits per heavy atom. The Hall–Kier alpha value is -2.36. The fourth-order valence-corrected chi connectivity index (χ4v) is 4.62. The molecule has 0 saturated heterocycles. The van der Waals surface area contributed by atoms with Crippen LogP contribution in [-0.2, 0) is 9.53 Å². The monoisotopic (exact) mass is 433 g/mol. The number of hydrogen-bond donors (Lipinski definition) is 1. The van der Waals surface area contributed by atoms with E-state index in [1.807, 2.05) is 12.1 Å². The fourth-order valence-electron chi connectivity index (χ4n) is 3.31. The maximum Gasteiger partial charge on any atom is 0.265 e. The Morgan fingerprint density at radius 2 is 2.31 bits per heavy atom. The number of carbonyl (C=O) groups excluding carboxylic acids is 1. The first-order chi connectivity index (χ1) is 14.1. The lowest BCUT2D eigenvalue weighted by molar-refractivity contribution is -0.121. The number of carbonyl (C=O) groups is 1. The first kappa shape index (κ1) is 19.9. The molecule has 4 rings (SSSR count). The highest BCUT2D eigenvalue weighted by Gasteiger charge is 2.29. The molecule has 10 heteroatoms. The minimum atomic E-state index is -0.226. The van der Waals surface area contributed by atoms with Gasteiger partial charge in [-0.2, -0.15) is 5.10 Å². The van der Waals surface area contributed by atoms with Crippen molar-refractivity contribution in [3.63, 3.8) is 0 Å². The van der Waals surface area contributed by atoms with Crippen molar-refractivity contribution in [2.75, 3.05) is 26.0 Å². The highest BCUT2D eigenvalue weighted by molar-refractivity contribution is 7.99. The molecule has 0 aliphatic carbocycles. The molecule has 0 fully saturated rings. The average Bonchev–Trinajstić information content (AvgIpc) is 3.30. The molecule has 0 bridgehead atoms. The fraction of sp³-hybridized carbons (Fsp3) is 0.368. The number of thioether (sulfide) groups is 1. The van der Waals surface area contributed by atoms with Gasteiger partial charge >= 0.3 is 0 Å². The van der Waals surface area contributed by atoms with Crippen LogP contribution in [0.3, 0.4) is 0 Å². The maximum absolute atomic E-state index is 13.1. The van der Waals surface area contributed by atoms with Gasteiger partial charge in [0.05, 0.1) is 17.9 Å². The Balaban J connectivity index is 1.60. The van der Waals surface area contributed by atoms with E-state index in [0.717, 1.165) is 12.1 Å². The SMILES string of the molecule is COCCCNC(=O)CC1CSc2nc3c(cnn3-c3cccc(Cl)c3)c(=O)n21. The highest BCUT2D eigenvalue weighted by Crippen LogP contribution is 2.33. The van der Waals surface area contributed by atoms with Gasteiger partial charge in [0.2, 0.25) is 5.91 Å². The summed E-state index contributed by atoms with van der Waals surface area (Å²) in [5.74, 6) is 0.548. The van der Waals surface area contributed by atoms with Crippen LogP contribution in [0.4, 0.5) is 0 Å². The number of amides is 1. The van der Waals surface area contributed by atoms with Crippen molar-refractivity contribution >= 4 is 40.3 Å². The summed E-state index contributed by atoms with van der Waals surface area (Å²) in [6.45, 7) is 1.15. The first-order valence-electron chi connectivity index (χ1n) is 9.23. The van der Waals surface area contributed by atoms with Gasteiger partial charge in [0.25, 0.3) is 5.56 Å². The second-order valence-corrected chi connectivity index (χ2v) is 8.13. The van der Waals surface area contributed by atoms with Crippen molar-refractivity contribution in [2.45, 2.75) is 24.0 Å². The van der Waals surface area contributed by atoms with Gasteiger partial charge in [-0.3, -0.25) is 14.2 Å². The van der Waals surface area contributed by atoms with Crippen LogP contribution in [0.25, 0.3) is 16.7 Å². The molecular weight excluding hydrogens is 414 g/mol. The Morgan fingerprint density at radius 1 is 1.45 bits per heavy atom. The zero-order valence-electron chi connectivity index (χ0n) is 15.8. The third-order valence-corrected chi connectivity index (χ3v) is 6.02. The Kier molecular flexibility index (Phi) is 5.89. The van der Waals surface area contributed by atoms with E-state index in [1.54, 1.807) is 28.5 Å². The van der Waals surface area contributed by atoms with Crippen LogP contribution >= 0.6 is 23.4 Å². The van der Waals surface area contributed by atoms with Crippen LogP contribution in [0.2, 0.25) is 5.02 Å². The van der Waals surface area contributed by atoms with Gasteiger partial charge in [0.1, 0.15) is 5.39 Å². The molecule has 1 aliphatic rings. The van der Waals surface area contributed by atoms with E-state index < -0.39 is 0 Å². The number of hydrogen-bond acceptors (Lipinski definition) is 6. The lowest BCUT2D eigenvalue weighted by Gasteiger charge is -2.13. The third-order valence-electron chi connectivity index (χ3n) is 4.69. The van der Waals surface area contributed by atoms with Gasteiger partial charge in [0, 0.05) is 37.5 Å². The number of aromatic nitrogens is 4. The van der Waals surface area contributed by atoms with Gasteiger partial charge in [0.15, 0.2) is 10.8 Å². The van der Waals surface area contributed by atoms with E-state index in [0.29, 0.717) is 40.1 Å². The molecule has 8 nitrogen and oxygen atoms in total. The molecule has 0 saturated carbocycles. The molecule has 1 atom stereocenters. The van der Waals surface area contributed by atoms with Crippen LogP contribution < -0.4 is 10.9 Å². The summed E-state index contributed by atoms with van der Waals surface area (Å²) in [4.78, 5) is 30.0.